The van der Waals surface area contributed by atoms with Gasteiger partial charge in [-0.25, -0.2) is 4.79 Å². The van der Waals surface area contributed by atoms with Crippen LogP contribution in [0.5, 0.6) is 5.75 Å². The molecule has 0 aromatic heterocycles. The maximum Gasteiger partial charge on any atom is 0.341 e. The van der Waals surface area contributed by atoms with Gasteiger partial charge in [0.15, 0.2) is 0 Å². The number of esters is 1. The molecule has 0 radical (unpaired) electrons. The molecule has 0 fully saturated rings. The molecule has 1 aromatic rings. The van der Waals surface area contributed by atoms with Crippen LogP contribution in [0.4, 0.5) is 0 Å². The molecular weight excluding hydrogens is 204 g/mol. The first-order valence-corrected chi connectivity index (χ1v) is 5.57. The second-order valence-corrected chi connectivity index (χ2v) is 3.52. The van der Waals surface area contributed by atoms with E-state index in [1.807, 2.05) is 19.1 Å². The van der Waals surface area contributed by atoms with Crippen LogP contribution in [-0.4, -0.2) is 19.7 Å². The lowest BCUT2D eigenvalue weighted by Gasteiger charge is -2.09. The highest BCUT2D eigenvalue weighted by Crippen LogP contribution is 2.21. The monoisotopic (exact) mass is 222 g/mol. The van der Waals surface area contributed by atoms with E-state index in [2.05, 4.69) is 6.92 Å². The molecule has 0 saturated carbocycles. The summed E-state index contributed by atoms with van der Waals surface area (Å²) >= 11 is 0. The van der Waals surface area contributed by atoms with Crippen molar-refractivity contribution in [3.05, 3.63) is 29.3 Å². The zero-order valence-corrected chi connectivity index (χ0v) is 10.1. The highest BCUT2D eigenvalue weighted by atomic mass is 16.5. The van der Waals surface area contributed by atoms with Crippen molar-refractivity contribution in [3.63, 3.8) is 0 Å². The number of rotatable bonds is 5. The van der Waals surface area contributed by atoms with Gasteiger partial charge in [0.05, 0.1) is 13.7 Å². The molecule has 3 heteroatoms. The average Bonchev–Trinajstić information content (AvgIpc) is 2.34. The molecule has 0 atom stereocenters. The Morgan fingerprint density at radius 2 is 2.06 bits per heavy atom. The lowest BCUT2D eigenvalue weighted by molar-refractivity contribution is 0.0501. The molecule has 1 rings (SSSR count). The van der Waals surface area contributed by atoms with E-state index in [0.717, 1.165) is 18.4 Å². The van der Waals surface area contributed by atoms with Crippen molar-refractivity contribution >= 4 is 5.97 Å². The molecule has 1 aromatic carbocycles. The van der Waals surface area contributed by atoms with Crippen molar-refractivity contribution in [1.29, 1.82) is 0 Å². The van der Waals surface area contributed by atoms with Crippen molar-refractivity contribution in [2.24, 2.45) is 0 Å². The third-order valence-corrected chi connectivity index (χ3v) is 2.33. The van der Waals surface area contributed by atoms with Crippen LogP contribution in [0.15, 0.2) is 18.2 Å². The smallest absolute Gasteiger partial charge is 0.341 e. The lowest BCUT2D eigenvalue weighted by atomic mass is 10.1. The Hall–Kier alpha value is -1.51. The van der Waals surface area contributed by atoms with E-state index in [9.17, 15) is 4.79 Å². The fourth-order valence-electron chi connectivity index (χ4n) is 1.40. The number of hydrogen-bond donors (Lipinski definition) is 0. The summed E-state index contributed by atoms with van der Waals surface area (Å²) in [5, 5.41) is 0. The second kappa shape index (κ2) is 6.16. The molecule has 88 valence electrons. The van der Waals surface area contributed by atoms with Crippen molar-refractivity contribution < 1.29 is 14.3 Å². The van der Waals surface area contributed by atoms with Crippen molar-refractivity contribution in [3.8, 4) is 5.75 Å². The minimum Gasteiger partial charge on any atom is -0.496 e. The highest BCUT2D eigenvalue weighted by Gasteiger charge is 2.13. The summed E-state index contributed by atoms with van der Waals surface area (Å²) in [6, 6.07) is 5.56. The standard InChI is InChI=1S/C13H18O3/c1-4-8-16-13(14)11-7-6-10(5-2)9-12(11)15-3/h6-7,9H,4-5,8H2,1-3H3. The minimum atomic E-state index is -0.318. The minimum absolute atomic E-state index is 0.318. The molecular formula is C13H18O3. The Kier molecular flexibility index (Phi) is 4.83. The fraction of sp³-hybridized carbons (Fsp3) is 0.462. The molecule has 0 aliphatic heterocycles. The predicted molar refractivity (Wildman–Crippen MR) is 62.9 cm³/mol. The van der Waals surface area contributed by atoms with Gasteiger partial charge in [-0.1, -0.05) is 19.9 Å². The van der Waals surface area contributed by atoms with Gasteiger partial charge in [0.2, 0.25) is 0 Å². The van der Waals surface area contributed by atoms with Gasteiger partial charge in [-0.2, -0.15) is 0 Å². The molecule has 0 N–H and O–H groups in total. The first kappa shape index (κ1) is 12.6. The van der Waals surface area contributed by atoms with Crippen LogP contribution in [0.3, 0.4) is 0 Å². The van der Waals surface area contributed by atoms with Gasteiger partial charge in [-0.05, 0) is 30.5 Å². The first-order chi connectivity index (χ1) is 7.72. The largest absolute Gasteiger partial charge is 0.496 e. The first-order valence-electron chi connectivity index (χ1n) is 5.57. The van der Waals surface area contributed by atoms with Crippen molar-refractivity contribution in [2.75, 3.05) is 13.7 Å². The van der Waals surface area contributed by atoms with E-state index >= 15 is 0 Å². The van der Waals surface area contributed by atoms with E-state index in [1.165, 1.54) is 0 Å². The van der Waals surface area contributed by atoms with Crippen LogP contribution in [0.25, 0.3) is 0 Å². The number of carbonyl (C=O) groups is 1. The number of benzene rings is 1. The quantitative estimate of drug-likeness (QED) is 0.719. The number of methoxy groups -OCH3 is 1. The van der Waals surface area contributed by atoms with Gasteiger partial charge in [0, 0.05) is 0 Å². The molecule has 0 amide bonds. The van der Waals surface area contributed by atoms with Crippen molar-refractivity contribution in [1.82, 2.24) is 0 Å². The molecule has 0 aliphatic rings. The molecule has 0 unspecified atom stereocenters. The third-order valence-electron chi connectivity index (χ3n) is 2.33. The zero-order chi connectivity index (χ0) is 12.0. The van der Waals surface area contributed by atoms with E-state index < -0.39 is 0 Å². The van der Waals surface area contributed by atoms with Crippen LogP contribution in [-0.2, 0) is 11.2 Å². The van der Waals surface area contributed by atoms with Crippen LogP contribution in [0.1, 0.15) is 36.2 Å². The Morgan fingerprint density at radius 3 is 2.62 bits per heavy atom. The third kappa shape index (κ3) is 2.99. The topological polar surface area (TPSA) is 35.5 Å². The van der Waals surface area contributed by atoms with Crippen molar-refractivity contribution in [2.45, 2.75) is 26.7 Å². The predicted octanol–water partition coefficient (Wildman–Crippen LogP) is 2.82. The van der Waals surface area contributed by atoms with E-state index in [4.69, 9.17) is 9.47 Å². The number of ether oxygens (including phenoxy) is 2. The molecule has 0 heterocycles. The van der Waals surface area contributed by atoms with Gasteiger partial charge < -0.3 is 9.47 Å². The maximum absolute atomic E-state index is 11.7. The Labute approximate surface area is 96.4 Å². The number of hydrogen-bond acceptors (Lipinski definition) is 3. The normalized spacial score (nSPS) is 9.94. The summed E-state index contributed by atoms with van der Waals surface area (Å²) < 4.78 is 10.3. The van der Waals surface area contributed by atoms with Gasteiger partial charge in [-0.3, -0.25) is 0 Å². The Morgan fingerprint density at radius 1 is 1.31 bits per heavy atom. The highest BCUT2D eigenvalue weighted by molar-refractivity contribution is 5.92. The number of carbonyl (C=O) groups excluding carboxylic acids is 1. The summed E-state index contributed by atoms with van der Waals surface area (Å²) in [6.45, 7) is 4.46. The summed E-state index contributed by atoms with van der Waals surface area (Å²) in [5.74, 6) is 0.266. The molecule has 0 spiro atoms. The van der Waals surface area contributed by atoms with Gasteiger partial charge in [0.25, 0.3) is 0 Å². The average molecular weight is 222 g/mol. The van der Waals surface area contributed by atoms with Crippen LogP contribution >= 0.6 is 0 Å². The second-order valence-electron chi connectivity index (χ2n) is 3.52. The maximum atomic E-state index is 11.7. The van der Waals surface area contributed by atoms with Gasteiger partial charge >= 0.3 is 5.97 Å². The van der Waals surface area contributed by atoms with Crippen LogP contribution in [0, 0.1) is 0 Å². The summed E-state index contributed by atoms with van der Waals surface area (Å²) in [7, 11) is 1.56. The summed E-state index contributed by atoms with van der Waals surface area (Å²) in [6.07, 6.45) is 1.74. The van der Waals surface area contributed by atoms with Crippen LogP contribution < -0.4 is 4.74 Å². The molecule has 0 aliphatic carbocycles. The fourth-order valence-corrected chi connectivity index (χ4v) is 1.40. The molecule has 3 nitrogen and oxygen atoms in total. The van der Waals surface area contributed by atoms with E-state index in [-0.39, 0.29) is 5.97 Å². The van der Waals surface area contributed by atoms with Gasteiger partial charge in [-0.15, -0.1) is 0 Å². The Bertz CT molecular complexity index is 358. The molecule has 16 heavy (non-hydrogen) atoms. The summed E-state index contributed by atoms with van der Waals surface area (Å²) in [5.41, 5.74) is 1.64. The van der Waals surface area contributed by atoms with Gasteiger partial charge in [0.1, 0.15) is 11.3 Å². The number of aryl methyl sites for hydroxylation is 1. The lowest BCUT2D eigenvalue weighted by Crippen LogP contribution is -2.08. The van der Waals surface area contributed by atoms with E-state index in [0.29, 0.717) is 17.9 Å². The molecule has 0 bridgehead atoms. The molecule has 0 saturated heterocycles. The zero-order valence-electron chi connectivity index (χ0n) is 10.1. The Balaban J connectivity index is 2.90. The van der Waals surface area contributed by atoms with Crippen LogP contribution in [0.2, 0.25) is 0 Å². The SMILES string of the molecule is CCCOC(=O)c1ccc(CC)cc1OC. The van der Waals surface area contributed by atoms with E-state index in [1.54, 1.807) is 13.2 Å². The summed E-state index contributed by atoms with van der Waals surface area (Å²) in [4.78, 5) is 11.7.